The molecule has 0 saturated carbocycles. The molecule has 0 radical (unpaired) electrons. The molecule has 0 aliphatic rings. The van der Waals surface area contributed by atoms with Crippen molar-refractivity contribution in [1.82, 2.24) is 0 Å². The highest BCUT2D eigenvalue weighted by Crippen LogP contribution is 2.36. The van der Waals surface area contributed by atoms with Crippen LogP contribution in [0.25, 0.3) is 0 Å². The van der Waals surface area contributed by atoms with Gasteiger partial charge in [-0.2, -0.15) is 0 Å². The van der Waals surface area contributed by atoms with E-state index in [2.05, 4.69) is 52.2 Å². The lowest BCUT2D eigenvalue weighted by Gasteiger charge is -2.28. The zero-order valence-corrected chi connectivity index (χ0v) is 11.5. The maximum absolute atomic E-state index is 3.88. The van der Waals surface area contributed by atoms with Crippen LogP contribution in [-0.2, 0) is 0 Å². The van der Waals surface area contributed by atoms with Gasteiger partial charge in [0.25, 0.3) is 0 Å². The molecule has 0 heteroatoms. The molecule has 0 amide bonds. The smallest absolute Gasteiger partial charge is 0.0143 e. The highest BCUT2D eigenvalue weighted by Gasteiger charge is 2.23. The zero-order valence-electron chi connectivity index (χ0n) is 11.5. The molecular weight excluding hydrogens is 204 g/mol. The summed E-state index contributed by atoms with van der Waals surface area (Å²) in [6.07, 6.45) is 16.1. The van der Waals surface area contributed by atoms with Gasteiger partial charge in [-0.15, -0.1) is 0 Å². The van der Waals surface area contributed by atoms with Crippen LogP contribution >= 0.6 is 0 Å². The Morgan fingerprint density at radius 2 is 1.65 bits per heavy atom. The number of hydrogen-bond acceptors (Lipinski definition) is 0. The second-order valence-corrected chi connectivity index (χ2v) is 4.32. The Kier molecular flexibility index (Phi) is 6.97. The quantitative estimate of drug-likeness (QED) is 0.535. The van der Waals surface area contributed by atoms with Crippen LogP contribution in [0.3, 0.4) is 0 Å². The molecule has 0 N–H and O–H groups in total. The van der Waals surface area contributed by atoms with Crippen LogP contribution in [0.1, 0.15) is 27.7 Å². The lowest BCUT2D eigenvalue weighted by Crippen LogP contribution is -2.15. The van der Waals surface area contributed by atoms with Crippen molar-refractivity contribution in [3.63, 3.8) is 0 Å². The minimum atomic E-state index is -0.0528. The van der Waals surface area contributed by atoms with Gasteiger partial charge in [-0.05, 0) is 25.0 Å². The molecule has 0 spiro atoms. The molecule has 0 nitrogen and oxygen atoms in total. The third kappa shape index (κ3) is 4.44. The summed E-state index contributed by atoms with van der Waals surface area (Å²) in [5.74, 6) is 0. The Labute approximate surface area is 106 Å². The van der Waals surface area contributed by atoms with Crippen LogP contribution in [-0.4, -0.2) is 0 Å². The number of rotatable bonds is 6. The van der Waals surface area contributed by atoms with Gasteiger partial charge < -0.3 is 0 Å². The second-order valence-electron chi connectivity index (χ2n) is 4.32. The minimum absolute atomic E-state index is 0.0528. The van der Waals surface area contributed by atoms with Crippen LogP contribution in [0.2, 0.25) is 0 Å². The first-order valence-corrected chi connectivity index (χ1v) is 5.96. The monoisotopic (exact) mass is 228 g/mol. The molecule has 0 aromatic rings. The molecule has 17 heavy (non-hydrogen) atoms. The van der Waals surface area contributed by atoms with Gasteiger partial charge >= 0.3 is 0 Å². The lowest BCUT2D eigenvalue weighted by molar-refractivity contribution is 0.565. The average molecular weight is 228 g/mol. The first-order chi connectivity index (χ1) is 8.04. The van der Waals surface area contributed by atoms with Crippen LogP contribution in [0, 0.1) is 5.41 Å². The zero-order chi connectivity index (χ0) is 13.3. The van der Waals surface area contributed by atoms with E-state index in [1.165, 1.54) is 11.1 Å². The van der Waals surface area contributed by atoms with Gasteiger partial charge in [0, 0.05) is 5.41 Å². The first kappa shape index (κ1) is 15.4. The standard InChI is InChI=1S/C17H24/c1-7-11-12-14-16(10-4)17(5,6)15(9-3)13-8-2/h7-14H,2-3H2,1,4-6H3/b11-7-,14-12-,15-13+,16-10+. The van der Waals surface area contributed by atoms with Crippen LogP contribution in [0.4, 0.5) is 0 Å². The number of allylic oxidation sites excluding steroid dienone is 10. The third-order valence-corrected chi connectivity index (χ3v) is 2.85. The predicted octanol–water partition coefficient (Wildman–Crippen LogP) is 5.39. The van der Waals surface area contributed by atoms with Gasteiger partial charge in [-0.1, -0.05) is 75.6 Å². The summed E-state index contributed by atoms with van der Waals surface area (Å²) in [4.78, 5) is 0. The normalized spacial score (nSPS) is 14.6. The van der Waals surface area contributed by atoms with E-state index < -0.39 is 0 Å². The molecule has 0 rings (SSSR count). The molecule has 0 aromatic carbocycles. The number of hydrogen-bond donors (Lipinski definition) is 0. The van der Waals surface area contributed by atoms with E-state index in [1.54, 1.807) is 0 Å². The Morgan fingerprint density at radius 3 is 2.06 bits per heavy atom. The van der Waals surface area contributed by atoms with Crippen LogP contribution in [0.15, 0.2) is 72.9 Å². The van der Waals surface area contributed by atoms with E-state index in [-0.39, 0.29) is 5.41 Å². The Bertz CT molecular complexity index is 371. The Morgan fingerprint density at radius 1 is 1.00 bits per heavy atom. The van der Waals surface area contributed by atoms with Crippen molar-refractivity contribution in [1.29, 1.82) is 0 Å². The van der Waals surface area contributed by atoms with Gasteiger partial charge in [0.1, 0.15) is 0 Å². The van der Waals surface area contributed by atoms with E-state index >= 15 is 0 Å². The fraction of sp³-hybridized carbons (Fsp3) is 0.294. The van der Waals surface area contributed by atoms with Crippen molar-refractivity contribution in [2.45, 2.75) is 27.7 Å². The summed E-state index contributed by atoms with van der Waals surface area (Å²) in [6, 6.07) is 0. The van der Waals surface area contributed by atoms with Gasteiger partial charge in [0.15, 0.2) is 0 Å². The van der Waals surface area contributed by atoms with Crippen molar-refractivity contribution in [3.8, 4) is 0 Å². The highest BCUT2D eigenvalue weighted by molar-refractivity contribution is 5.41. The first-order valence-electron chi connectivity index (χ1n) is 5.96. The third-order valence-electron chi connectivity index (χ3n) is 2.85. The van der Waals surface area contributed by atoms with Gasteiger partial charge in [-0.25, -0.2) is 0 Å². The SMILES string of the molecule is C=C/C=C(\C=C)C(C)(C)C(/C=C\C=C/C)=C/C. The van der Waals surface area contributed by atoms with E-state index in [1.807, 2.05) is 37.3 Å². The van der Waals surface area contributed by atoms with Crippen LogP contribution < -0.4 is 0 Å². The molecule has 0 bridgehead atoms. The van der Waals surface area contributed by atoms with Gasteiger partial charge in [0.2, 0.25) is 0 Å². The van der Waals surface area contributed by atoms with Crippen molar-refractivity contribution in [2.75, 3.05) is 0 Å². The Hall–Kier alpha value is -1.56. The summed E-state index contributed by atoms with van der Waals surface area (Å²) in [6.45, 7) is 16.1. The summed E-state index contributed by atoms with van der Waals surface area (Å²) >= 11 is 0. The second kappa shape index (κ2) is 7.67. The summed E-state index contributed by atoms with van der Waals surface area (Å²) < 4.78 is 0. The minimum Gasteiger partial charge on any atom is -0.0991 e. The molecule has 0 unspecified atom stereocenters. The van der Waals surface area contributed by atoms with E-state index in [9.17, 15) is 0 Å². The van der Waals surface area contributed by atoms with Gasteiger partial charge in [-0.3, -0.25) is 0 Å². The van der Waals surface area contributed by atoms with Gasteiger partial charge in [0.05, 0.1) is 0 Å². The van der Waals surface area contributed by atoms with Crippen molar-refractivity contribution < 1.29 is 0 Å². The molecule has 0 aliphatic heterocycles. The molecule has 0 aliphatic carbocycles. The molecule has 0 atom stereocenters. The van der Waals surface area contributed by atoms with E-state index in [0.717, 1.165) is 0 Å². The predicted molar refractivity (Wildman–Crippen MR) is 80.0 cm³/mol. The molecular formula is C17H24. The maximum atomic E-state index is 3.88. The molecule has 0 fully saturated rings. The summed E-state index contributed by atoms with van der Waals surface area (Å²) in [5.41, 5.74) is 2.39. The maximum Gasteiger partial charge on any atom is 0.0143 e. The molecule has 0 aromatic heterocycles. The highest BCUT2D eigenvalue weighted by atomic mass is 14.3. The summed E-state index contributed by atoms with van der Waals surface area (Å²) in [5, 5.41) is 0. The molecule has 0 heterocycles. The fourth-order valence-corrected chi connectivity index (χ4v) is 1.76. The van der Waals surface area contributed by atoms with E-state index in [4.69, 9.17) is 0 Å². The van der Waals surface area contributed by atoms with Crippen LogP contribution in [0.5, 0.6) is 0 Å². The lowest BCUT2D eigenvalue weighted by atomic mass is 9.76. The van der Waals surface area contributed by atoms with Crippen molar-refractivity contribution in [2.24, 2.45) is 5.41 Å². The van der Waals surface area contributed by atoms with E-state index in [0.29, 0.717) is 0 Å². The average Bonchev–Trinajstić information content (AvgIpc) is 2.31. The van der Waals surface area contributed by atoms with Crippen molar-refractivity contribution >= 4 is 0 Å². The molecule has 92 valence electrons. The van der Waals surface area contributed by atoms with Crippen molar-refractivity contribution in [3.05, 3.63) is 72.9 Å². The molecule has 0 saturated heterocycles. The topological polar surface area (TPSA) is 0 Å². The largest absolute Gasteiger partial charge is 0.0991 e. The Balaban J connectivity index is 5.32. The summed E-state index contributed by atoms with van der Waals surface area (Å²) in [7, 11) is 0. The fourth-order valence-electron chi connectivity index (χ4n) is 1.76.